The molecule has 2 N–H and O–H groups in total. The van der Waals surface area contributed by atoms with Crippen LogP contribution >= 0.6 is 0 Å². The fraction of sp³-hybridized carbons (Fsp3) is 0.571. The second kappa shape index (κ2) is 4.80. The third-order valence-corrected chi connectivity index (χ3v) is 5.31. The summed E-state index contributed by atoms with van der Waals surface area (Å²) < 4.78 is 30.5. The lowest BCUT2D eigenvalue weighted by molar-refractivity contribution is -0.00527. The van der Waals surface area contributed by atoms with Crippen molar-refractivity contribution in [3.63, 3.8) is 0 Å². The zero-order chi connectivity index (χ0) is 14.3. The first-order chi connectivity index (χ1) is 8.70. The normalized spacial score (nSPS) is 22.6. The molecule has 1 aliphatic rings. The topological polar surface area (TPSA) is 69.4 Å². The van der Waals surface area contributed by atoms with Crippen LogP contribution in [-0.4, -0.2) is 25.9 Å². The van der Waals surface area contributed by atoms with E-state index in [1.807, 2.05) is 20.8 Å². The van der Waals surface area contributed by atoms with Gasteiger partial charge in [-0.15, -0.1) is 0 Å². The van der Waals surface area contributed by atoms with Gasteiger partial charge in [0.2, 0.25) is 0 Å². The predicted molar refractivity (Wildman–Crippen MR) is 75.8 cm³/mol. The van der Waals surface area contributed by atoms with E-state index >= 15 is 0 Å². The number of sulfone groups is 1. The zero-order valence-corrected chi connectivity index (χ0v) is 12.5. The van der Waals surface area contributed by atoms with Gasteiger partial charge in [0, 0.05) is 0 Å². The van der Waals surface area contributed by atoms with Crippen molar-refractivity contribution in [1.29, 1.82) is 0 Å². The summed E-state index contributed by atoms with van der Waals surface area (Å²) in [6.07, 6.45) is 1.43. The van der Waals surface area contributed by atoms with Crippen molar-refractivity contribution >= 4 is 15.5 Å². The molecule has 0 bridgehead atoms. The predicted octanol–water partition coefficient (Wildman–Crippen LogP) is 2.31. The van der Waals surface area contributed by atoms with Crippen LogP contribution in [0.5, 0.6) is 0 Å². The van der Waals surface area contributed by atoms with Crippen LogP contribution in [0, 0.1) is 6.92 Å². The molecule has 106 valence electrons. The van der Waals surface area contributed by atoms with Crippen molar-refractivity contribution in [2.75, 3.05) is 11.5 Å². The molecule has 1 saturated heterocycles. The summed E-state index contributed by atoms with van der Waals surface area (Å²) in [4.78, 5) is 0.214. The molecule has 0 amide bonds. The summed E-state index contributed by atoms with van der Waals surface area (Å²) in [5, 5.41) is 0. The average Bonchev–Trinajstić information content (AvgIpc) is 2.56. The first-order valence-electron chi connectivity index (χ1n) is 6.46. The number of aryl methyl sites for hydroxylation is 1. The van der Waals surface area contributed by atoms with Crippen LogP contribution in [0.15, 0.2) is 23.1 Å². The van der Waals surface area contributed by atoms with E-state index in [2.05, 4.69) is 0 Å². The van der Waals surface area contributed by atoms with E-state index in [1.165, 1.54) is 0 Å². The number of ether oxygens (including phenoxy) is 1. The highest BCUT2D eigenvalue weighted by atomic mass is 32.2. The average molecular weight is 283 g/mol. The summed E-state index contributed by atoms with van der Waals surface area (Å²) in [5.41, 5.74) is 6.86. The van der Waals surface area contributed by atoms with Crippen molar-refractivity contribution in [3.8, 4) is 0 Å². The minimum absolute atomic E-state index is 0.00366. The number of nitrogen functional groups attached to an aromatic ring is 1. The zero-order valence-electron chi connectivity index (χ0n) is 11.6. The molecule has 1 aromatic carbocycles. The molecule has 0 aliphatic carbocycles. The van der Waals surface area contributed by atoms with Crippen LogP contribution in [0.3, 0.4) is 0 Å². The Balaban J connectivity index is 2.19. The molecular weight excluding hydrogens is 262 g/mol. The molecule has 0 saturated carbocycles. The molecule has 1 aromatic rings. The van der Waals surface area contributed by atoms with E-state index in [0.29, 0.717) is 5.69 Å². The third kappa shape index (κ3) is 3.28. The van der Waals surface area contributed by atoms with Crippen molar-refractivity contribution in [3.05, 3.63) is 23.8 Å². The van der Waals surface area contributed by atoms with E-state index in [4.69, 9.17) is 10.5 Å². The van der Waals surface area contributed by atoms with E-state index in [9.17, 15) is 8.42 Å². The molecular formula is C14H21NO3S. The second-order valence-corrected chi connectivity index (χ2v) is 7.86. The Morgan fingerprint density at radius 2 is 2.11 bits per heavy atom. The first kappa shape index (κ1) is 14.3. The van der Waals surface area contributed by atoms with E-state index in [1.54, 1.807) is 18.2 Å². The number of hydrogen-bond donors (Lipinski definition) is 1. The number of rotatable bonds is 3. The van der Waals surface area contributed by atoms with Gasteiger partial charge >= 0.3 is 0 Å². The van der Waals surface area contributed by atoms with Crippen molar-refractivity contribution in [2.24, 2.45) is 0 Å². The number of nitrogens with two attached hydrogens (primary N) is 1. The molecule has 1 fully saturated rings. The summed E-state index contributed by atoms with van der Waals surface area (Å²) in [6, 6.07) is 5.04. The van der Waals surface area contributed by atoms with Gasteiger partial charge in [0.15, 0.2) is 9.84 Å². The third-order valence-electron chi connectivity index (χ3n) is 3.46. The van der Waals surface area contributed by atoms with Crippen LogP contribution in [0.25, 0.3) is 0 Å². The minimum Gasteiger partial charge on any atom is -0.398 e. The highest BCUT2D eigenvalue weighted by Gasteiger charge is 2.35. The molecule has 5 heteroatoms. The maximum Gasteiger partial charge on any atom is 0.182 e. The lowest BCUT2D eigenvalue weighted by Gasteiger charge is -2.19. The standard InChI is InChI=1S/C14H21NO3S/c1-10-4-5-13(12(15)8-10)19(16,17)9-11-6-7-14(2,3)18-11/h4-5,8,11H,6-7,9,15H2,1-3H3. The molecule has 4 nitrogen and oxygen atoms in total. The van der Waals surface area contributed by atoms with Crippen LogP contribution in [-0.2, 0) is 14.6 Å². The highest BCUT2D eigenvalue weighted by Crippen LogP contribution is 2.31. The van der Waals surface area contributed by atoms with Gasteiger partial charge in [-0.25, -0.2) is 8.42 Å². The summed E-state index contributed by atoms with van der Waals surface area (Å²) in [7, 11) is -3.39. The Morgan fingerprint density at radius 1 is 1.42 bits per heavy atom. The maximum absolute atomic E-state index is 12.4. The fourth-order valence-electron chi connectivity index (χ4n) is 2.48. The Hall–Kier alpha value is -1.07. The van der Waals surface area contributed by atoms with Crippen molar-refractivity contribution in [1.82, 2.24) is 0 Å². The van der Waals surface area contributed by atoms with Crippen LogP contribution in [0.1, 0.15) is 32.3 Å². The van der Waals surface area contributed by atoms with Gasteiger partial charge in [0.1, 0.15) is 0 Å². The van der Waals surface area contributed by atoms with Crippen molar-refractivity contribution in [2.45, 2.75) is 50.2 Å². The van der Waals surface area contributed by atoms with Gasteiger partial charge in [-0.1, -0.05) is 6.07 Å². The van der Waals surface area contributed by atoms with Gasteiger partial charge < -0.3 is 10.5 Å². The molecule has 1 aliphatic heterocycles. The molecule has 0 radical (unpaired) electrons. The SMILES string of the molecule is Cc1ccc(S(=O)(=O)CC2CCC(C)(C)O2)c(N)c1. The number of benzene rings is 1. The lowest BCUT2D eigenvalue weighted by atomic mass is 10.1. The van der Waals surface area contributed by atoms with Gasteiger partial charge in [0.05, 0.1) is 28.0 Å². The fourth-order valence-corrected chi connectivity index (χ4v) is 4.08. The Labute approximate surface area is 114 Å². The lowest BCUT2D eigenvalue weighted by Crippen LogP contribution is -2.25. The molecule has 1 unspecified atom stereocenters. The molecule has 1 atom stereocenters. The largest absolute Gasteiger partial charge is 0.398 e. The van der Waals surface area contributed by atoms with Crippen LogP contribution in [0.2, 0.25) is 0 Å². The molecule has 19 heavy (non-hydrogen) atoms. The number of anilines is 1. The quantitative estimate of drug-likeness (QED) is 0.864. The van der Waals surface area contributed by atoms with Crippen LogP contribution in [0.4, 0.5) is 5.69 Å². The molecule has 0 spiro atoms. The first-order valence-corrected chi connectivity index (χ1v) is 8.11. The highest BCUT2D eigenvalue weighted by molar-refractivity contribution is 7.91. The smallest absolute Gasteiger partial charge is 0.182 e. The van der Waals surface area contributed by atoms with Crippen molar-refractivity contribution < 1.29 is 13.2 Å². The number of hydrogen-bond acceptors (Lipinski definition) is 4. The monoisotopic (exact) mass is 283 g/mol. The van der Waals surface area contributed by atoms with E-state index < -0.39 is 9.84 Å². The van der Waals surface area contributed by atoms with Crippen LogP contribution < -0.4 is 5.73 Å². The Morgan fingerprint density at radius 3 is 2.63 bits per heavy atom. The van der Waals surface area contributed by atoms with Gasteiger partial charge in [-0.3, -0.25) is 0 Å². The summed E-state index contributed by atoms with van der Waals surface area (Å²) in [5.74, 6) is 0.00366. The Kier molecular flexibility index (Phi) is 3.62. The second-order valence-electron chi connectivity index (χ2n) is 5.86. The summed E-state index contributed by atoms with van der Waals surface area (Å²) in [6.45, 7) is 5.86. The van der Waals surface area contributed by atoms with Gasteiger partial charge in [0.25, 0.3) is 0 Å². The molecule has 1 heterocycles. The van der Waals surface area contributed by atoms with E-state index in [-0.39, 0.29) is 22.4 Å². The maximum atomic E-state index is 12.4. The molecule has 0 aromatic heterocycles. The summed E-state index contributed by atoms with van der Waals surface area (Å²) >= 11 is 0. The molecule has 2 rings (SSSR count). The Bertz CT molecular complexity index is 578. The minimum atomic E-state index is -3.39. The van der Waals surface area contributed by atoms with Gasteiger partial charge in [-0.05, 0) is 51.3 Å². The van der Waals surface area contributed by atoms with E-state index in [0.717, 1.165) is 18.4 Å². The van der Waals surface area contributed by atoms with Gasteiger partial charge in [-0.2, -0.15) is 0 Å².